The maximum absolute atomic E-state index is 12.8. The fraction of sp³-hybridized carbons (Fsp3) is 0.941. The summed E-state index contributed by atoms with van der Waals surface area (Å²) in [5.41, 5.74) is 0. The second-order valence-electron chi connectivity index (χ2n) is 6.98. The van der Waals surface area contributed by atoms with E-state index in [-0.39, 0.29) is 17.6 Å². The summed E-state index contributed by atoms with van der Waals surface area (Å²) >= 11 is 0. The molecule has 2 aliphatic rings. The molecule has 0 aliphatic carbocycles. The van der Waals surface area contributed by atoms with E-state index in [1.807, 2.05) is 4.90 Å². The molecule has 23 heavy (non-hydrogen) atoms. The van der Waals surface area contributed by atoms with Gasteiger partial charge < -0.3 is 4.90 Å². The van der Waals surface area contributed by atoms with Crippen LogP contribution in [0, 0.1) is 11.8 Å². The highest BCUT2D eigenvalue weighted by atomic mass is 32.2. The van der Waals surface area contributed by atoms with Crippen LogP contribution in [0.5, 0.6) is 0 Å². The maximum Gasteiger partial charge on any atom is 0.225 e. The van der Waals surface area contributed by atoms with Crippen LogP contribution in [0.15, 0.2) is 0 Å². The number of carbonyl (C=O) groups is 1. The molecule has 0 spiro atoms. The number of carbonyl (C=O) groups excluding carboxylic acids is 1. The molecule has 0 aromatic rings. The van der Waals surface area contributed by atoms with Crippen molar-refractivity contribution in [1.82, 2.24) is 9.21 Å². The molecule has 0 unspecified atom stereocenters. The van der Waals surface area contributed by atoms with E-state index in [0.717, 1.165) is 31.8 Å². The Balaban J connectivity index is 1.85. The molecule has 6 heteroatoms. The van der Waals surface area contributed by atoms with Crippen molar-refractivity contribution < 1.29 is 13.2 Å². The molecular weight excluding hydrogens is 312 g/mol. The number of hydrogen-bond acceptors (Lipinski definition) is 3. The van der Waals surface area contributed by atoms with Gasteiger partial charge in [0.05, 0.1) is 5.75 Å². The van der Waals surface area contributed by atoms with Crippen molar-refractivity contribution in [3.8, 4) is 0 Å². The van der Waals surface area contributed by atoms with E-state index in [1.165, 1.54) is 19.3 Å². The number of likely N-dealkylation sites (tertiary alicyclic amines) is 1. The molecule has 0 N–H and O–H groups in total. The van der Waals surface area contributed by atoms with Gasteiger partial charge in [-0.25, -0.2) is 12.7 Å². The minimum Gasteiger partial charge on any atom is -0.342 e. The smallest absolute Gasteiger partial charge is 0.225 e. The summed E-state index contributed by atoms with van der Waals surface area (Å²) in [4.78, 5) is 14.8. The zero-order valence-electron chi connectivity index (χ0n) is 14.7. The van der Waals surface area contributed by atoms with E-state index in [1.54, 1.807) is 11.2 Å². The molecule has 2 fully saturated rings. The first-order valence-corrected chi connectivity index (χ1v) is 10.9. The lowest BCUT2D eigenvalue weighted by Crippen LogP contribution is -2.45. The van der Waals surface area contributed by atoms with Gasteiger partial charge in [0.2, 0.25) is 15.9 Å². The van der Waals surface area contributed by atoms with Crippen molar-refractivity contribution in [2.45, 2.75) is 58.8 Å². The van der Waals surface area contributed by atoms with Crippen molar-refractivity contribution in [3.05, 3.63) is 0 Å². The van der Waals surface area contributed by atoms with Crippen LogP contribution in [0.2, 0.25) is 0 Å². The van der Waals surface area contributed by atoms with Gasteiger partial charge in [-0.15, -0.1) is 0 Å². The van der Waals surface area contributed by atoms with Crippen LogP contribution >= 0.6 is 0 Å². The fourth-order valence-corrected chi connectivity index (χ4v) is 5.04. The third-order valence-electron chi connectivity index (χ3n) is 5.42. The number of amides is 1. The number of sulfonamides is 1. The highest BCUT2D eigenvalue weighted by molar-refractivity contribution is 7.89. The minimum absolute atomic E-state index is 0.0148. The van der Waals surface area contributed by atoms with Crippen LogP contribution < -0.4 is 0 Å². The lowest BCUT2D eigenvalue weighted by molar-refractivity contribution is -0.136. The van der Waals surface area contributed by atoms with Gasteiger partial charge in [0.25, 0.3) is 0 Å². The van der Waals surface area contributed by atoms with Gasteiger partial charge in [0.15, 0.2) is 0 Å². The van der Waals surface area contributed by atoms with Crippen molar-refractivity contribution in [2.24, 2.45) is 11.8 Å². The summed E-state index contributed by atoms with van der Waals surface area (Å²) in [7, 11) is -3.11. The molecule has 0 aromatic heterocycles. The van der Waals surface area contributed by atoms with Crippen LogP contribution in [0.3, 0.4) is 0 Å². The van der Waals surface area contributed by atoms with Gasteiger partial charge in [-0.3, -0.25) is 4.79 Å². The molecule has 0 radical (unpaired) electrons. The number of piperidine rings is 1. The second-order valence-corrected chi connectivity index (χ2v) is 9.24. The van der Waals surface area contributed by atoms with Crippen LogP contribution in [-0.2, 0) is 14.8 Å². The van der Waals surface area contributed by atoms with Crippen LogP contribution in [0.4, 0.5) is 0 Å². The minimum atomic E-state index is -3.11. The van der Waals surface area contributed by atoms with Gasteiger partial charge in [0.1, 0.15) is 0 Å². The zero-order valence-corrected chi connectivity index (χ0v) is 15.5. The molecule has 5 nitrogen and oxygen atoms in total. The molecule has 2 heterocycles. The highest BCUT2D eigenvalue weighted by Crippen LogP contribution is 2.26. The maximum atomic E-state index is 12.8. The zero-order chi connectivity index (χ0) is 16.9. The van der Waals surface area contributed by atoms with Crippen molar-refractivity contribution in [1.29, 1.82) is 0 Å². The fourth-order valence-electron chi connectivity index (χ4n) is 3.90. The van der Waals surface area contributed by atoms with E-state index < -0.39 is 10.0 Å². The lowest BCUT2D eigenvalue weighted by Gasteiger charge is -2.33. The summed E-state index contributed by atoms with van der Waals surface area (Å²) < 4.78 is 25.4. The average molecular weight is 345 g/mol. The Bertz CT molecular complexity index is 484. The number of hydrogen-bond donors (Lipinski definition) is 0. The Morgan fingerprint density at radius 2 is 1.70 bits per heavy atom. The Hall–Kier alpha value is -0.620. The highest BCUT2D eigenvalue weighted by Gasteiger charge is 2.32. The predicted octanol–water partition coefficient (Wildman–Crippen LogP) is 2.48. The Morgan fingerprint density at radius 3 is 2.30 bits per heavy atom. The topological polar surface area (TPSA) is 57.7 Å². The molecular formula is C17H32N2O3S. The third kappa shape index (κ3) is 4.92. The molecule has 134 valence electrons. The monoisotopic (exact) mass is 344 g/mol. The van der Waals surface area contributed by atoms with E-state index in [0.29, 0.717) is 25.9 Å². The van der Waals surface area contributed by atoms with Crippen LogP contribution in [-0.4, -0.2) is 55.5 Å². The summed E-state index contributed by atoms with van der Waals surface area (Å²) in [6.45, 7) is 6.67. The molecule has 2 aliphatic heterocycles. The van der Waals surface area contributed by atoms with Gasteiger partial charge >= 0.3 is 0 Å². The molecule has 2 saturated heterocycles. The van der Waals surface area contributed by atoms with Crippen molar-refractivity contribution in [3.63, 3.8) is 0 Å². The molecule has 0 bridgehead atoms. The van der Waals surface area contributed by atoms with Crippen molar-refractivity contribution >= 4 is 15.9 Å². The van der Waals surface area contributed by atoms with Crippen molar-refractivity contribution in [2.75, 3.05) is 31.9 Å². The predicted molar refractivity (Wildman–Crippen MR) is 92.6 cm³/mol. The molecule has 0 saturated carbocycles. The largest absolute Gasteiger partial charge is 0.342 e. The molecule has 2 rings (SSSR count). The number of nitrogens with zero attached hydrogens (tertiary/aromatic N) is 2. The summed E-state index contributed by atoms with van der Waals surface area (Å²) in [6, 6.07) is 0. The van der Waals surface area contributed by atoms with E-state index in [9.17, 15) is 13.2 Å². The van der Waals surface area contributed by atoms with Gasteiger partial charge in [-0.1, -0.05) is 19.8 Å². The van der Waals surface area contributed by atoms with Gasteiger partial charge in [-0.05, 0) is 44.9 Å². The van der Waals surface area contributed by atoms with E-state index in [4.69, 9.17) is 0 Å². The normalized spacial score (nSPS) is 25.3. The van der Waals surface area contributed by atoms with Gasteiger partial charge in [0, 0.05) is 32.1 Å². The standard InChI is InChI=1S/C17H32N2O3S/c1-3-6-15-7-5-11-18(12-8-15)17(20)16-9-13-19(14-10-16)23(21,22)4-2/h15-16H,3-14H2,1-2H3/t15-/m1/s1. The van der Waals surface area contributed by atoms with E-state index in [2.05, 4.69) is 6.92 Å². The lowest BCUT2D eigenvalue weighted by atomic mass is 9.95. The Kier molecular flexibility index (Phi) is 6.89. The first-order chi connectivity index (χ1) is 11.0. The van der Waals surface area contributed by atoms with Crippen LogP contribution in [0.25, 0.3) is 0 Å². The summed E-state index contributed by atoms with van der Waals surface area (Å²) in [5, 5.41) is 0. The first kappa shape index (κ1) is 18.7. The Morgan fingerprint density at radius 1 is 1.00 bits per heavy atom. The molecule has 1 amide bonds. The quantitative estimate of drug-likeness (QED) is 0.770. The Labute approximate surface area is 141 Å². The summed E-state index contributed by atoms with van der Waals surface area (Å²) in [6.07, 6.45) is 7.32. The van der Waals surface area contributed by atoms with E-state index >= 15 is 0 Å². The van der Waals surface area contributed by atoms with Crippen LogP contribution in [0.1, 0.15) is 58.8 Å². The third-order valence-corrected chi connectivity index (χ3v) is 7.30. The number of rotatable bonds is 5. The first-order valence-electron chi connectivity index (χ1n) is 9.24. The molecule has 0 aromatic carbocycles. The second kappa shape index (κ2) is 8.47. The molecule has 1 atom stereocenters. The van der Waals surface area contributed by atoms with Gasteiger partial charge in [-0.2, -0.15) is 0 Å². The SMILES string of the molecule is CCC[C@@H]1CCCN(C(=O)C2CCN(S(=O)(=O)CC)CC2)CC1. The average Bonchev–Trinajstić information content (AvgIpc) is 2.80. The summed E-state index contributed by atoms with van der Waals surface area (Å²) in [5.74, 6) is 1.20.